The van der Waals surface area contributed by atoms with Gasteiger partial charge in [0.1, 0.15) is 0 Å². The molecule has 0 aliphatic carbocycles. The zero-order chi connectivity index (χ0) is 21.6. The molecular weight excluding hydrogens is 378 g/mol. The van der Waals surface area contributed by atoms with E-state index in [4.69, 9.17) is 14.7 Å². The van der Waals surface area contributed by atoms with Crippen LogP contribution in [0, 0.1) is 0 Å². The minimum atomic E-state index is -1.51. The van der Waals surface area contributed by atoms with Crippen LogP contribution in [-0.4, -0.2) is 62.2 Å². The largest absolute Gasteiger partial charge is 0.493 e. The maximum absolute atomic E-state index is 12.7. The standard InChI is InChI=1S/C20H23N3O6/c1-21-18(24)17(19(25)22-27)23(2)20(26)13-7-5-12(6-8-13)14-9-10-15(28-3)16(11-14)29-4/h5-11,17,27H,1-4H3,(H,21,24)(H,22,25). The molecule has 154 valence electrons. The van der Waals surface area contributed by atoms with Gasteiger partial charge >= 0.3 is 0 Å². The van der Waals surface area contributed by atoms with E-state index in [9.17, 15) is 14.4 Å². The van der Waals surface area contributed by atoms with Gasteiger partial charge in [-0.2, -0.15) is 0 Å². The average Bonchev–Trinajstić information content (AvgIpc) is 2.77. The third-order valence-corrected chi connectivity index (χ3v) is 4.41. The lowest BCUT2D eigenvalue weighted by Gasteiger charge is -2.25. The van der Waals surface area contributed by atoms with Crippen LogP contribution in [0.4, 0.5) is 0 Å². The SMILES string of the molecule is CNC(=O)C(C(=O)NO)N(C)C(=O)c1ccc(-c2ccc(OC)c(OC)c2)cc1. The van der Waals surface area contributed by atoms with Crippen LogP contribution in [0.15, 0.2) is 42.5 Å². The van der Waals surface area contributed by atoms with E-state index in [-0.39, 0.29) is 5.56 Å². The van der Waals surface area contributed by atoms with Gasteiger partial charge in [0.2, 0.25) is 0 Å². The van der Waals surface area contributed by atoms with Crippen LogP contribution in [0.5, 0.6) is 11.5 Å². The van der Waals surface area contributed by atoms with Gasteiger partial charge in [-0.25, -0.2) is 5.48 Å². The molecular formula is C20H23N3O6. The topological polar surface area (TPSA) is 117 Å². The number of hydrogen-bond acceptors (Lipinski definition) is 6. The summed E-state index contributed by atoms with van der Waals surface area (Å²) in [6.07, 6.45) is 0. The lowest BCUT2D eigenvalue weighted by atomic mass is 10.0. The van der Waals surface area contributed by atoms with Gasteiger partial charge in [0, 0.05) is 19.7 Å². The Bertz CT molecular complexity index is 882. The molecule has 0 fully saturated rings. The summed E-state index contributed by atoms with van der Waals surface area (Å²) in [4.78, 5) is 37.4. The molecule has 0 bridgehead atoms. The molecule has 0 aromatic heterocycles. The number of hydroxylamine groups is 1. The summed E-state index contributed by atoms with van der Waals surface area (Å²) in [7, 11) is 5.73. The molecule has 9 nitrogen and oxygen atoms in total. The normalized spacial score (nSPS) is 11.2. The van der Waals surface area contributed by atoms with E-state index >= 15 is 0 Å². The third-order valence-electron chi connectivity index (χ3n) is 4.41. The summed E-state index contributed by atoms with van der Waals surface area (Å²) in [5, 5.41) is 11.1. The quantitative estimate of drug-likeness (QED) is 0.363. The second-order valence-corrected chi connectivity index (χ2v) is 6.06. The molecule has 3 amide bonds. The van der Waals surface area contributed by atoms with Gasteiger partial charge in [-0.3, -0.25) is 19.6 Å². The summed E-state index contributed by atoms with van der Waals surface area (Å²) in [6, 6.07) is 10.6. The summed E-state index contributed by atoms with van der Waals surface area (Å²) in [5.74, 6) is -1.11. The van der Waals surface area contributed by atoms with Crippen molar-refractivity contribution in [3.8, 4) is 22.6 Å². The van der Waals surface area contributed by atoms with Crippen molar-refractivity contribution >= 4 is 17.7 Å². The Labute approximate surface area is 168 Å². The Morgan fingerprint density at radius 1 is 0.931 bits per heavy atom. The van der Waals surface area contributed by atoms with Crippen LogP contribution >= 0.6 is 0 Å². The first-order valence-electron chi connectivity index (χ1n) is 8.63. The van der Waals surface area contributed by atoms with Gasteiger partial charge in [0.15, 0.2) is 17.5 Å². The molecule has 3 N–H and O–H groups in total. The highest BCUT2D eigenvalue weighted by Gasteiger charge is 2.33. The number of methoxy groups -OCH3 is 2. The lowest BCUT2D eigenvalue weighted by Crippen LogP contribution is -2.54. The van der Waals surface area contributed by atoms with Crippen molar-refractivity contribution < 1.29 is 29.1 Å². The number of rotatable bonds is 7. The molecule has 0 saturated heterocycles. The molecule has 0 spiro atoms. The van der Waals surface area contributed by atoms with Crippen LogP contribution < -0.4 is 20.3 Å². The first-order valence-corrected chi connectivity index (χ1v) is 8.63. The maximum atomic E-state index is 12.7. The summed E-state index contributed by atoms with van der Waals surface area (Å²) in [5.41, 5.74) is 3.37. The van der Waals surface area contributed by atoms with Crippen molar-refractivity contribution in [3.63, 3.8) is 0 Å². The van der Waals surface area contributed by atoms with Gasteiger partial charge in [-0.15, -0.1) is 0 Å². The van der Waals surface area contributed by atoms with Crippen LogP contribution in [0.1, 0.15) is 10.4 Å². The molecule has 2 rings (SSSR count). The van der Waals surface area contributed by atoms with E-state index in [1.807, 2.05) is 12.1 Å². The predicted molar refractivity (Wildman–Crippen MR) is 105 cm³/mol. The van der Waals surface area contributed by atoms with Gasteiger partial charge in [-0.05, 0) is 35.4 Å². The van der Waals surface area contributed by atoms with Gasteiger partial charge < -0.3 is 19.7 Å². The molecule has 0 aliphatic heterocycles. The fourth-order valence-corrected chi connectivity index (χ4v) is 2.81. The second kappa shape index (κ2) is 9.56. The Hall–Kier alpha value is -3.59. The van der Waals surface area contributed by atoms with E-state index < -0.39 is 23.8 Å². The molecule has 9 heteroatoms. The maximum Gasteiger partial charge on any atom is 0.275 e. The summed E-state index contributed by atoms with van der Waals surface area (Å²) >= 11 is 0. The molecule has 0 heterocycles. The van der Waals surface area contributed by atoms with E-state index in [1.165, 1.54) is 19.6 Å². The number of nitrogens with zero attached hydrogens (tertiary/aromatic N) is 1. The predicted octanol–water partition coefficient (Wildman–Crippen LogP) is 1.06. The van der Waals surface area contributed by atoms with Crippen LogP contribution in [0.3, 0.4) is 0 Å². The summed E-state index contributed by atoms with van der Waals surface area (Å²) in [6.45, 7) is 0. The fraction of sp³-hybridized carbons (Fsp3) is 0.250. The summed E-state index contributed by atoms with van der Waals surface area (Å²) < 4.78 is 10.5. The van der Waals surface area contributed by atoms with Crippen molar-refractivity contribution in [2.24, 2.45) is 0 Å². The van der Waals surface area contributed by atoms with Crippen molar-refractivity contribution in [2.75, 3.05) is 28.3 Å². The molecule has 1 atom stereocenters. The molecule has 0 aliphatic rings. The Kier molecular flexibility index (Phi) is 7.15. The number of carbonyl (C=O) groups is 3. The first-order chi connectivity index (χ1) is 13.9. The third kappa shape index (κ3) is 4.64. The number of amides is 3. The molecule has 1 unspecified atom stereocenters. The number of nitrogens with one attached hydrogen (secondary N) is 2. The highest BCUT2D eigenvalue weighted by atomic mass is 16.5. The Morgan fingerprint density at radius 2 is 1.52 bits per heavy atom. The number of carbonyl (C=O) groups excluding carboxylic acids is 3. The lowest BCUT2D eigenvalue weighted by molar-refractivity contribution is -0.140. The van der Waals surface area contributed by atoms with Gasteiger partial charge in [0.05, 0.1) is 14.2 Å². The van der Waals surface area contributed by atoms with Crippen LogP contribution in [-0.2, 0) is 9.59 Å². The molecule has 2 aromatic carbocycles. The Balaban J connectivity index is 2.28. The van der Waals surface area contributed by atoms with E-state index in [2.05, 4.69) is 5.32 Å². The van der Waals surface area contributed by atoms with Crippen molar-refractivity contribution in [2.45, 2.75) is 6.04 Å². The zero-order valence-corrected chi connectivity index (χ0v) is 16.6. The molecule has 2 aromatic rings. The number of hydrogen-bond donors (Lipinski definition) is 3. The van der Waals surface area contributed by atoms with E-state index in [0.717, 1.165) is 16.0 Å². The Morgan fingerprint density at radius 3 is 2.03 bits per heavy atom. The van der Waals surface area contributed by atoms with Crippen LogP contribution in [0.25, 0.3) is 11.1 Å². The molecule has 0 saturated carbocycles. The monoisotopic (exact) mass is 401 g/mol. The number of benzene rings is 2. The van der Waals surface area contributed by atoms with Crippen molar-refractivity contribution in [1.29, 1.82) is 0 Å². The average molecular weight is 401 g/mol. The fourth-order valence-electron chi connectivity index (χ4n) is 2.81. The van der Waals surface area contributed by atoms with E-state index in [1.54, 1.807) is 44.6 Å². The minimum Gasteiger partial charge on any atom is -0.493 e. The molecule has 29 heavy (non-hydrogen) atoms. The van der Waals surface area contributed by atoms with E-state index in [0.29, 0.717) is 11.5 Å². The van der Waals surface area contributed by atoms with Gasteiger partial charge in [-0.1, -0.05) is 18.2 Å². The van der Waals surface area contributed by atoms with Crippen LogP contribution in [0.2, 0.25) is 0 Å². The number of ether oxygens (including phenoxy) is 2. The molecule has 0 radical (unpaired) electrons. The smallest absolute Gasteiger partial charge is 0.275 e. The van der Waals surface area contributed by atoms with Crippen molar-refractivity contribution in [1.82, 2.24) is 15.7 Å². The minimum absolute atomic E-state index is 0.274. The van der Waals surface area contributed by atoms with Gasteiger partial charge in [0.25, 0.3) is 17.7 Å². The zero-order valence-electron chi connectivity index (χ0n) is 16.6. The first kappa shape index (κ1) is 21.7. The highest BCUT2D eigenvalue weighted by Crippen LogP contribution is 2.32. The van der Waals surface area contributed by atoms with Crippen molar-refractivity contribution in [3.05, 3.63) is 48.0 Å². The number of likely N-dealkylation sites (N-methyl/N-ethyl adjacent to an activating group) is 2. The second-order valence-electron chi connectivity index (χ2n) is 6.06. The highest BCUT2D eigenvalue weighted by molar-refractivity contribution is 6.08.